The Morgan fingerprint density at radius 1 is 0.952 bits per heavy atom. The molecule has 110 valence electrons. The van der Waals surface area contributed by atoms with E-state index in [-0.39, 0.29) is 11.7 Å². The van der Waals surface area contributed by atoms with E-state index in [9.17, 15) is 9.18 Å². The maximum Gasteiger partial charge on any atom is 0.220 e. The molecular weight excluding hydrogens is 289 g/mol. The van der Waals surface area contributed by atoms with E-state index in [0.29, 0.717) is 24.4 Å². The molecule has 0 aromatic heterocycles. The molecule has 2 rings (SSSR count). The largest absolute Gasteiger partial charge is 0.356 e. The fraction of sp³-hybridized carbons (Fsp3) is 0.235. The van der Waals surface area contributed by atoms with E-state index in [0.717, 1.165) is 17.5 Å². The Kier molecular flexibility index (Phi) is 5.76. The highest BCUT2D eigenvalue weighted by Gasteiger charge is 2.02. The molecule has 0 atom stereocenters. The van der Waals surface area contributed by atoms with E-state index in [1.54, 1.807) is 12.1 Å². The van der Waals surface area contributed by atoms with Crippen molar-refractivity contribution in [1.29, 1.82) is 0 Å². The highest BCUT2D eigenvalue weighted by molar-refractivity contribution is 6.30. The van der Waals surface area contributed by atoms with Gasteiger partial charge in [0.15, 0.2) is 0 Å². The van der Waals surface area contributed by atoms with E-state index in [4.69, 9.17) is 11.6 Å². The van der Waals surface area contributed by atoms with Crippen molar-refractivity contribution in [3.05, 3.63) is 70.5 Å². The number of hydrogen-bond donors (Lipinski definition) is 1. The van der Waals surface area contributed by atoms with Crippen LogP contribution in [0.3, 0.4) is 0 Å². The summed E-state index contributed by atoms with van der Waals surface area (Å²) in [5.41, 5.74) is 2.10. The third-order valence-electron chi connectivity index (χ3n) is 3.20. The minimum atomic E-state index is -0.258. The summed E-state index contributed by atoms with van der Waals surface area (Å²) in [5.74, 6) is -0.251. The number of halogens is 2. The maximum absolute atomic E-state index is 12.8. The Morgan fingerprint density at radius 2 is 1.52 bits per heavy atom. The fourth-order valence-corrected chi connectivity index (χ4v) is 2.12. The number of benzene rings is 2. The average Bonchev–Trinajstić information content (AvgIpc) is 2.49. The smallest absolute Gasteiger partial charge is 0.220 e. The van der Waals surface area contributed by atoms with Crippen molar-refractivity contribution in [3.63, 3.8) is 0 Å². The van der Waals surface area contributed by atoms with Crippen molar-refractivity contribution in [3.8, 4) is 0 Å². The van der Waals surface area contributed by atoms with Crippen LogP contribution in [0.5, 0.6) is 0 Å². The van der Waals surface area contributed by atoms with Gasteiger partial charge in [-0.2, -0.15) is 0 Å². The Morgan fingerprint density at radius 3 is 2.19 bits per heavy atom. The number of hydrogen-bond acceptors (Lipinski definition) is 1. The molecule has 0 fully saturated rings. The molecule has 21 heavy (non-hydrogen) atoms. The summed E-state index contributed by atoms with van der Waals surface area (Å²) < 4.78 is 12.8. The van der Waals surface area contributed by atoms with E-state index >= 15 is 0 Å². The molecule has 0 aliphatic rings. The van der Waals surface area contributed by atoms with Gasteiger partial charge >= 0.3 is 0 Å². The normalized spacial score (nSPS) is 10.4. The number of carbonyl (C=O) groups excluding carboxylic acids is 1. The van der Waals surface area contributed by atoms with Gasteiger partial charge in [0.2, 0.25) is 5.91 Å². The molecule has 4 heteroatoms. The lowest BCUT2D eigenvalue weighted by molar-refractivity contribution is -0.121. The summed E-state index contributed by atoms with van der Waals surface area (Å²) >= 11 is 5.81. The quantitative estimate of drug-likeness (QED) is 0.865. The third-order valence-corrected chi connectivity index (χ3v) is 3.46. The van der Waals surface area contributed by atoms with Gasteiger partial charge in [-0.05, 0) is 48.2 Å². The lowest BCUT2D eigenvalue weighted by Crippen LogP contribution is -2.25. The monoisotopic (exact) mass is 305 g/mol. The lowest BCUT2D eigenvalue weighted by atomic mass is 10.1. The molecule has 0 heterocycles. The zero-order valence-corrected chi connectivity index (χ0v) is 12.4. The number of rotatable bonds is 6. The molecule has 0 radical (unpaired) electrons. The van der Waals surface area contributed by atoms with Gasteiger partial charge in [0.25, 0.3) is 0 Å². The highest BCUT2D eigenvalue weighted by Crippen LogP contribution is 2.09. The van der Waals surface area contributed by atoms with Gasteiger partial charge in [-0.3, -0.25) is 4.79 Å². The average molecular weight is 306 g/mol. The first-order valence-corrected chi connectivity index (χ1v) is 7.27. The number of carbonyl (C=O) groups is 1. The van der Waals surface area contributed by atoms with Crippen LogP contribution in [0, 0.1) is 5.82 Å². The molecule has 0 aliphatic carbocycles. The van der Waals surface area contributed by atoms with Gasteiger partial charge in [0, 0.05) is 18.0 Å². The van der Waals surface area contributed by atoms with E-state index in [2.05, 4.69) is 5.32 Å². The van der Waals surface area contributed by atoms with Crippen LogP contribution in [-0.2, 0) is 17.6 Å². The van der Waals surface area contributed by atoms with E-state index in [1.807, 2.05) is 24.3 Å². The second-order valence-corrected chi connectivity index (χ2v) is 5.29. The Bertz CT molecular complexity index is 581. The lowest BCUT2D eigenvalue weighted by Gasteiger charge is -2.06. The van der Waals surface area contributed by atoms with E-state index < -0.39 is 0 Å². The summed E-state index contributed by atoms with van der Waals surface area (Å²) in [7, 11) is 0. The van der Waals surface area contributed by atoms with Crippen LogP contribution in [0.25, 0.3) is 0 Å². The maximum atomic E-state index is 12.8. The standard InChI is InChI=1S/C17H17ClFNO/c18-15-6-1-14(2-7-15)11-12-20-17(21)10-5-13-3-8-16(19)9-4-13/h1-4,6-9H,5,10-12H2,(H,20,21). The zero-order chi connectivity index (χ0) is 15.1. The minimum absolute atomic E-state index is 0.00767. The number of amides is 1. The van der Waals surface area contributed by atoms with Gasteiger partial charge in [0.05, 0.1) is 0 Å². The van der Waals surface area contributed by atoms with Crippen molar-refractivity contribution < 1.29 is 9.18 Å². The summed E-state index contributed by atoms with van der Waals surface area (Å²) in [6.07, 6.45) is 1.80. The molecule has 1 amide bonds. The van der Waals surface area contributed by atoms with Crippen molar-refractivity contribution in [1.82, 2.24) is 5.32 Å². The van der Waals surface area contributed by atoms with Crippen LogP contribution < -0.4 is 5.32 Å². The number of aryl methyl sites for hydroxylation is 1. The van der Waals surface area contributed by atoms with Crippen LogP contribution in [0.4, 0.5) is 4.39 Å². The van der Waals surface area contributed by atoms with Crippen LogP contribution in [0.15, 0.2) is 48.5 Å². The summed E-state index contributed by atoms with van der Waals surface area (Å²) in [6, 6.07) is 13.8. The summed E-state index contributed by atoms with van der Waals surface area (Å²) in [5, 5.41) is 3.59. The first-order valence-electron chi connectivity index (χ1n) is 6.89. The Hall–Kier alpha value is -1.87. The van der Waals surface area contributed by atoms with Crippen LogP contribution in [0.1, 0.15) is 17.5 Å². The molecule has 0 unspecified atom stereocenters. The summed E-state index contributed by atoms with van der Waals surface area (Å²) in [6.45, 7) is 0.601. The van der Waals surface area contributed by atoms with Gasteiger partial charge in [-0.15, -0.1) is 0 Å². The number of nitrogens with one attached hydrogen (secondary N) is 1. The van der Waals surface area contributed by atoms with Crippen LogP contribution in [0.2, 0.25) is 5.02 Å². The van der Waals surface area contributed by atoms with Gasteiger partial charge in [-0.25, -0.2) is 4.39 Å². The molecule has 2 aromatic rings. The molecule has 1 N–H and O–H groups in total. The van der Waals surface area contributed by atoms with Crippen molar-refractivity contribution in [2.75, 3.05) is 6.54 Å². The first-order chi connectivity index (χ1) is 10.1. The SMILES string of the molecule is O=C(CCc1ccc(F)cc1)NCCc1ccc(Cl)cc1. The topological polar surface area (TPSA) is 29.1 Å². The molecular formula is C17H17ClFNO. The Balaban J connectivity index is 1.67. The fourth-order valence-electron chi connectivity index (χ4n) is 1.99. The molecule has 0 saturated heterocycles. The van der Waals surface area contributed by atoms with Crippen LogP contribution >= 0.6 is 11.6 Å². The minimum Gasteiger partial charge on any atom is -0.356 e. The van der Waals surface area contributed by atoms with E-state index in [1.165, 1.54) is 12.1 Å². The first kappa shape index (κ1) is 15.5. The predicted octanol–water partition coefficient (Wildman–Crippen LogP) is 3.77. The third kappa shape index (κ3) is 5.56. The molecule has 0 saturated carbocycles. The molecule has 2 aromatic carbocycles. The van der Waals surface area contributed by atoms with Crippen molar-refractivity contribution in [2.45, 2.75) is 19.3 Å². The summed E-state index contributed by atoms with van der Waals surface area (Å²) in [4.78, 5) is 11.7. The van der Waals surface area contributed by atoms with Crippen LogP contribution in [-0.4, -0.2) is 12.5 Å². The molecule has 2 nitrogen and oxygen atoms in total. The highest BCUT2D eigenvalue weighted by atomic mass is 35.5. The van der Waals surface area contributed by atoms with Gasteiger partial charge < -0.3 is 5.32 Å². The van der Waals surface area contributed by atoms with Gasteiger partial charge in [0.1, 0.15) is 5.82 Å². The second kappa shape index (κ2) is 7.79. The van der Waals surface area contributed by atoms with Crippen molar-refractivity contribution >= 4 is 17.5 Å². The Labute approximate surface area is 128 Å². The molecule has 0 aliphatic heterocycles. The molecule has 0 spiro atoms. The van der Waals surface area contributed by atoms with Gasteiger partial charge in [-0.1, -0.05) is 35.9 Å². The molecule has 0 bridgehead atoms. The zero-order valence-electron chi connectivity index (χ0n) is 11.6. The van der Waals surface area contributed by atoms with Crippen molar-refractivity contribution in [2.24, 2.45) is 0 Å². The second-order valence-electron chi connectivity index (χ2n) is 4.85. The predicted molar refractivity (Wildman–Crippen MR) is 82.9 cm³/mol.